The van der Waals surface area contributed by atoms with Gasteiger partial charge in [-0.1, -0.05) is 18.6 Å². The summed E-state index contributed by atoms with van der Waals surface area (Å²) in [5, 5.41) is 2.89. The molecular formula is C17H26N2O4S. The van der Waals surface area contributed by atoms with Gasteiger partial charge < -0.3 is 10.1 Å². The van der Waals surface area contributed by atoms with E-state index in [9.17, 15) is 13.2 Å². The molecule has 1 amide bonds. The molecule has 0 aromatic heterocycles. The Morgan fingerprint density at radius 1 is 1.38 bits per heavy atom. The molecule has 0 radical (unpaired) electrons. The number of hydrogen-bond donors (Lipinski definition) is 1. The Morgan fingerprint density at radius 2 is 2.12 bits per heavy atom. The van der Waals surface area contributed by atoms with Crippen LogP contribution in [0.2, 0.25) is 0 Å². The molecule has 1 fully saturated rings. The Hall–Kier alpha value is -1.60. The van der Waals surface area contributed by atoms with E-state index in [1.807, 2.05) is 19.1 Å². The molecule has 0 saturated carbocycles. The van der Waals surface area contributed by atoms with Crippen LogP contribution < -0.4 is 10.1 Å². The van der Waals surface area contributed by atoms with Crippen LogP contribution in [0.1, 0.15) is 41.6 Å². The van der Waals surface area contributed by atoms with Crippen molar-refractivity contribution in [1.82, 2.24) is 9.62 Å². The number of aryl methyl sites for hydroxylation is 1. The molecule has 1 aromatic carbocycles. The first-order valence-corrected chi connectivity index (χ1v) is 10.1. The molecule has 24 heavy (non-hydrogen) atoms. The summed E-state index contributed by atoms with van der Waals surface area (Å²) in [6, 6.07) is 5.43. The van der Waals surface area contributed by atoms with Crippen LogP contribution in [0.25, 0.3) is 0 Å². The number of ether oxygens (including phenoxy) is 1. The van der Waals surface area contributed by atoms with Crippen molar-refractivity contribution in [2.45, 2.75) is 38.6 Å². The van der Waals surface area contributed by atoms with Crippen LogP contribution in [0, 0.1) is 6.92 Å². The molecule has 1 aliphatic heterocycles. The lowest BCUT2D eigenvalue weighted by molar-refractivity contribution is 0.0946. The SMILES string of the molecule is COc1cccc(C)c1C(=O)NCCC1CCCCN1S(C)(=O)=O. The van der Waals surface area contributed by atoms with E-state index in [0.29, 0.717) is 30.8 Å². The highest BCUT2D eigenvalue weighted by molar-refractivity contribution is 7.88. The molecule has 2 rings (SSSR count). The van der Waals surface area contributed by atoms with Gasteiger partial charge in [-0.05, 0) is 37.8 Å². The second-order valence-electron chi connectivity index (χ2n) is 6.22. The van der Waals surface area contributed by atoms with Gasteiger partial charge in [-0.25, -0.2) is 8.42 Å². The van der Waals surface area contributed by atoms with Gasteiger partial charge in [0.05, 0.1) is 18.9 Å². The number of rotatable bonds is 6. The first-order chi connectivity index (χ1) is 11.3. The summed E-state index contributed by atoms with van der Waals surface area (Å²) in [5.41, 5.74) is 1.38. The first kappa shape index (κ1) is 18.7. The second-order valence-corrected chi connectivity index (χ2v) is 8.16. The lowest BCUT2D eigenvalue weighted by Crippen LogP contribution is -2.44. The Morgan fingerprint density at radius 3 is 2.79 bits per heavy atom. The minimum Gasteiger partial charge on any atom is -0.496 e. The van der Waals surface area contributed by atoms with E-state index >= 15 is 0 Å². The van der Waals surface area contributed by atoms with Gasteiger partial charge >= 0.3 is 0 Å². The maximum atomic E-state index is 12.4. The van der Waals surface area contributed by atoms with Crippen molar-refractivity contribution >= 4 is 15.9 Å². The number of carbonyl (C=O) groups is 1. The number of piperidine rings is 1. The summed E-state index contributed by atoms with van der Waals surface area (Å²) < 4.78 is 30.6. The average molecular weight is 354 g/mol. The maximum absolute atomic E-state index is 12.4. The number of nitrogens with zero attached hydrogens (tertiary/aromatic N) is 1. The van der Waals surface area contributed by atoms with E-state index in [0.717, 1.165) is 24.8 Å². The quantitative estimate of drug-likeness (QED) is 0.847. The van der Waals surface area contributed by atoms with Crippen molar-refractivity contribution < 1.29 is 17.9 Å². The fraction of sp³-hybridized carbons (Fsp3) is 0.588. The van der Waals surface area contributed by atoms with Gasteiger partial charge in [0.2, 0.25) is 10.0 Å². The van der Waals surface area contributed by atoms with Crippen molar-refractivity contribution in [2.75, 3.05) is 26.5 Å². The fourth-order valence-electron chi connectivity index (χ4n) is 3.24. The Labute approximate surface area is 144 Å². The zero-order chi connectivity index (χ0) is 17.7. The number of sulfonamides is 1. The smallest absolute Gasteiger partial charge is 0.255 e. The van der Waals surface area contributed by atoms with Crippen molar-refractivity contribution in [1.29, 1.82) is 0 Å². The second kappa shape index (κ2) is 7.98. The Balaban J connectivity index is 1.97. The number of carbonyl (C=O) groups excluding carboxylic acids is 1. The van der Waals surface area contributed by atoms with E-state index in [2.05, 4.69) is 5.32 Å². The molecule has 1 aromatic rings. The molecule has 1 aliphatic rings. The minimum atomic E-state index is -3.19. The summed E-state index contributed by atoms with van der Waals surface area (Å²) in [6.45, 7) is 2.88. The molecule has 6 nitrogen and oxygen atoms in total. The van der Waals surface area contributed by atoms with Crippen LogP contribution in [-0.2, 0) is 10.0 Å². The van der Waals surface area contributed by atoms with Crippen LogP contribution in [0.5, 0.6) is 5.75 Å². The van der Waals surface area contributed by atoms with Crippen molar-refractivity contribution in [3.05, 3.63) is 29.3 Å². The predicted molar refractivity (Wildman–Crippen MR) is 93.9 cm³/mol. The van der Waals surface area contributed by atoms with Crippen LogP contribution in [0.3, 0.4) is 0 Å². The van der Waals surface area contributed by atoms with E-state index < -0.39 is 10.0 Å². The molecule has 1 N–H and O–H groups in total. The van der Waals surface area contributed by atoms with Crippen LogP contribution >= 0.6 is 0 Å². The predicted octanol–water partition coefficient (Wildman–Crippen LogP) is 1.94. The minimum absolute atomic E-state index is 0.0344. The molecular weight excluding hydrogens is 328 g/mol. The zero-order valence-corrected chi connectivity index (χ0v) is 15.4. The van der Waals surface area contributed by atoms with Gasteiger partial charge in [-0.2, -0.15) is 4.31 Å². The average Bonchev–Trinajstić information content (AvgIpc) is 2.53. The lowest BCUT2D eigenvalue weighted by atomic mass is 10.0. The monoisotopic (exact) mass is 354 g/mol. The summed E-state index contributed by atoms with van der Waals surface area (Å²) in [4.78, 5) is 12.4. The molecule has 1 saturated heterocycles. The van der Waals surface area contributed by atoms with Gasteiger partial charge in [-0.15, -0.1) is 0 Å². The van der Waals surface area contributed by atoms with E-state index in [-0.39, 0.29) is 11.9 Å². The number of benzene rings is 1. The highest BCUT2D eigenvalue weighted by Gasteiger charge is 2.29. The molecule has 7 heteroatoms. The van der Waals surface area contributed by atoms with E-state index in [4.69, 9.17) is 4.74 Å². The number of nitrogens with one attached hydrogen (secondary N) is 1. The molecule has 0 bridgehead atoms. The van der Waals surface area contributed by atoms with Gasteiger partial charge in [0, 0.05) is 19.1 Å². The molecule has 0 spiro atoms. The third-order valence-electron chi connectivity index (χ3n) is 4.44. The third-order valence-corrected chi connectivity index (χ3v) is 5.78. The van der Waals surface area contributed by atoms with Gasteiger partial charge in [-0.3, -0.25) is 4.79 Å². The molecule has 1 unspecified atom stereocenters. The van der Waals surface area contributed by atoms with Crippen LogP contribution in [0.15, 0.2) is 18.2 Å². The molecule has 1 atom stereocenters. The molecule has 134 valence electrons. The van der Waals surface area contributed by atoms with Crippen molar-refractivity contribution in [3.8, 4) is 5.75 Å². The van der Waals surface area contributed by atoms with Crippen molar-refractivity contribution in [3.63, 3.8) is 0 Å². The normalized spacial score (nSPS) is 19.0. The third kappa shape index (κ3) is 4.48. The maximum Gasteiger partial charge on any atom is 0.255 e. The first-order valence-electron chi connectivity index (χ1n) is 8.23. The Bertz CT molecular complexity index is 688. The van der Waals surface area contributed by atoms with Crippen LogP contribution in [0.4, 0.5) is 0 Å². The van der Waals surface area contributed by atoms with Crippen molar-refractivity contribution in [2.24, 2.45) is 0 Å². The number of hydrogen-bond acceptors (Lipinski definition) is 4. The summed E-state index contributed by atoms with van der Waals surface area (Å²) in [6.07, 6.45) is 4.64. The number of methoxy groups -OCH3 is 1. The standard InChI is InChI=1S/C17H26N2O4S/c1-13-7-6-9-15(23-2)16(13)17(20)18-11-10-14-8-4-5-12-19(14)24(3,21)22/h6-7,9,14H,4-5,8,10-12H2,1-3H3,(H,18,20). The highest BCUT2D eigenvalue weighted by atomic mass is 32.2. The summed E-state index contributed by atoms with van der Waals surface area (Å²) >= 11 is 0. The molecule has 1 heterocycles. The van der Waals surface area contributed by atoms with E-state index in [1.54, 1.807) is 10.4 Å². The topological polar surface area (TPSA) is 75.7 Å². The van der Waals surface area contributed by atoms with E-state index in [1.165, 1.54) is 13.4 Å². The fourth-order valence-corrected chi connectivity index (χ4v) is 4.45. The largest absolute Gasteiger partial charge is 0.496 e. The highest BCUT2D eigenvalue weighted by Crippen LogP contribution is 2.23. The Kier molecular flexibility index (Phi) is 6.23. The summed E-state index contributed by atoms with van der Waals surface area (Å²) in [5.74, 6) is 0.356. The zero-order valence-electron chi connectivity index (χ0n) is 14.5. The number of amides is 1. The van der Waals surface area contributed by atoms with Crippen LogP contribution in [-0.4, -0.2) is 51.1 Å². The summed E-state index contributed by atoms with van der Waals surface area (Å²) in [7, 11) is -1.66. The lowest BCUT2D eigenvalue weighted by Gasteiger charge is -2.33. The molecule has 0 aliphatic carbocycles. The van der Waals surface area contributed by atoms with Gasteiger partial charge in [0.15, 0.2) is 0 Å². The van der Waals surface area contributed by atoms with Gasteiger partial charge in [0.1, 0.15) is 5.75 Å². The van der Waals surface area contributed by atoms with Gasteiger partial charge in [0.25, 0.3) is 5.91 Å².